The van der Waals surface area contributed by atoms with Gasteiger partial charge in [0.2, 0.25) is 5.91 Å². The Labute approximate surface area is 143 Å². The molecular weight excluding hydrogens is 302 g/mol. The number of nitrogens with one attached hydrogen (secondary N) is 1. The normalized spacial score (nSPS) is 10.6. The van der Waals surface area contributed by atoms with Gasteiger partial charge in [-0.25, -0.2) is 0 Å². The molecule has 0 aliphatic heterocycles. The van der Waals surface area contributed by atoms with Gasteiger partial charge in [-0.2, -0.15) is 0 Å². The molecule has 0 saturated heterocycles. The molecule has 0 aromatic heterocycles. The van der Waals surface area contributed by atoms with Gasteiger partial charge in [-0.05, 0) is 35.6 Å². The van der Waals surface area contributed by atoms with Gasteiger partial charge in [0.05, 0.1) is 13.0 Å². The van der Waals surface area contributed by atoms with Crippen molar-refractivity contribution < 1.29 is 14.6 Å². The van der Waals surface area contributed by atoms with Crippen LogP contribution in [0.5, 0.6) is 11.5 Å². The van der Waals surface area contributed by atoms with Gasteiger partial charge >= 0.3 is 0 Å². The average Bonchev–Trinajstić information content (AvgIpc) is 2.56. The van der Waals surface area contributed by atoms with Crippen LogP contribution >= 0.6 is 0 Å². The summed E-state index contributed by atoms with van der Waals surface area (Å²) in [4.78, 5) is 11.9. The Balaban J connectivity index is 1.81. The highest BCUT2D eigenvalue weighted by Crippen LogP contribution is 2.27. The molecule has 2 aromatic carbocycles. The zero-order valence-corrected chi connectivity index (χ0v) is 14.3. The zero-order valence-electron chi connectivity index (χ0n) is 14.3. The average molecular weight is 327 g/mol. The number of hydrogen-bond acceptors (Lipinski definition) is 3. The number of carbonyl (C=O) groups is 1. The lowest BCUT2D eigenvalue weighted by atomic mass is 10.1. The lowest BCUT2D eigenvalue weighted by Crippen LogP contribution is -2.27. The lowest BCUT2D eigenvalue weighted by molar-refractivity contribution is -0.120. The fraction of sp³-hybridized carbons (Fsp3) is 0.350. The Morgan fingerprint density at radius 1 is 1.12 bits per heavy atom. The van der Waals surface area contributed by atoms with Crippen molar-refractivity contribution in [1.82, 2.24) is 5.32 Å². The van der Waals surface area contributed by atoms with E-state index in [2.05, 4.69) is 19.2 Å². The lowest BCUT2D eigenvalue weighted by Gasteiger charge is -2.12. The van der Waals surface area contributed by atoms with E-state index in [1.807, 2.05) is 42.5 Å². The molecule has 0 aliphatic rings. The summed E-state index contributed by atoms with van der Waals surface area (Å²) >= 11 is 0. The minimum Gasteiger partial charge on any atom is -0.504 e. The first-order valence-electron chi connectivity index (χ1n) is 8.30. The van der Waals surface area contributed by atoms with E-state index >= 15 is 0 Å². The van der Waals surface area contributed by atoms with E-state index < -0.39 is 0 Å². The maximum Gasteiger partial charge on any atom is 0.224 e. The number of carbonyl (C=O) groups excluding carboxylic acids is 1. The molecule has 24 heavy (non-hydrogen) atoms. The van der Waals surface area contributed by atoms with E-state index in [1.54, 1.807) is 6.07 Å². The molecule has 0 radical (unpaired) electrons. The number of phenols is 1. The quantitative estimate of drug-likeness (QED) is 0.782. The summed E-state index contributed by atoms with van der Waals surface area (Å²) in [6.45, 7) is 5.23. The van der Waals surface area contributed by atoms with Crippen molar-refractivity contribution in [2.75, 3.05) is 13.2 Å². The van der Waals surface area contributed by atoms with Gasteiger partial charge in [0.15, 0.2) is 11.5 Å². The van der Waals surface area contributed by atoms with Crippen molar-refractivity contribution in [2.45, 2.75) is 26.7 Å². The molecule has 0 aliphatic carbocycles. The van der Waals surface area contributed by atoms with Gasteiger partial charge in [0.1, 0.15) is 0 Å². The molecular formula is C20H25NO3. The third-order valence-electron chi connectivity index (χ3n) is 3.54. The molecule has 0 heterocycles. The van der Waals surface area contributed by atoms with Gasteiger partial charge in [-0.3, -0.25) is 4.79 Å². The zero-order chi connectivity index (χ0) is 17.4. The van der Waals surface area contributed by atoms with Crippen molar-refractivity contribution in [3.63, 3.8) is 0 Å². The van der Waals surface area contributed by atoms with E-state index in [4.69, 9.17) is 4.74 Å². The molecule has 0 spiro atoms. The molecule has 4 nitrogen and oxygen atoms in total. The molecule has 4 heteroatoms. The predicted molar refractivity (Wildman–Crippen MR) is 95.3 cm³/mol. The maximum absolute atomic E-state index is 11.9. The summed E-state index contributed by atoms with van der Waals surface area (Å²) in [5.74, 6) is 1.05. The minimum atomic E-state index is 0.0104. The summed E-state index contributed by atoms with van der Waals surface area (Å²) in [6.07, 6.45) is 1.08. The molecule has 1 amide bonds. The Kier molecular flexibility index (Phi) is 6.67. The molecule has 0 unspecified atom stereocenters. The van der Waals surface area contributed by atoms with E-state index in [9.17, 15) is 9.90 Å². The smallest absolute Gasteiger partial charge is 0.224 e. The molecule has 0 saturated carbocycles. The fourth-order valence-corrected chi connectivity index (χ4v) is 2.28. The second kappa shape index (κ2) is 8.96. The number of phenolic OH excluding ortho intramolecular Hbond substituents is 1. The Morgan fingerprint density at radius 3 is 2.58 bits per heavy atom. The number of hydrogen-bond donors (Lipinski definition) is 2. The van der Waals surface area contributed by atoms with Crippen LogP contribution in [-0.2, 0) is 17.6 Å². The van der Waals surface area contributed by atoms with Gasteiger partial charge in [0, 0.05) is 6.54 Å². The van der Waals surface area contributed by atoms with Crippen LogP contribution in [-0.4, -0.2) is 24.2 Å². The summed E-state index contributed by atoms with van der Waals surface area (Å²) in [5, 5.41) is 12.8. The third kappa shape index (κ3) is 5.95. The van der Waals surface area contributed by atoms with Crippen LogP contribution in [0.25, 0.3) is 0 Å². The number of benzene rings is 2. The van der Waals surface area contributed by atoms with Gasteiger partial charge in [-0.1, -0.05) is 50.2 Å². The molecule has 2 N–H and O–H groups in total. The fourth-order valence-electron chi connectivity index (χ4n) is 2.28. The predicted octanol–water partition coefficient (Wildman–Crippen LogP) is 3.33. The monoisotopic (exact) mass is 327 g/mol. The molecule has 0 bridgehead atoms. The van der Waals surface area contributed by atoms with Crippen LogP contribution in [0, 0.1) is 5.92 Å². The molecule has 0 atom stereocenters. The molecule has 2 aromatic rings. The topological polar surface area (TPSA) is 58.6 Å². The number of ether oxygens (including phenoxy) is 1. The largest absolute Gasteiger partial charge is 0.504 e. The second-order valence-electron chi connectivity index (χ2n) is 6.27. The van der Waals surface area contributed by atoms with Crippen molar-refractivity contribution in [2.24, 2.45) is 5.92 Å². The highest BCUT2D eigenvalue weighted by Gasteiger charge is 2.07. The van der Waals surface area contributed by atoms with Gasteiger partial charge in [-0.15, -0.1) is 0 Å². The Hall–Kier alpha value is -2.49. The molecule has 128 valence electrons. The van der Waals surface area contributed by atoms with Crippen molar-refractivity contribution in [1.29, 1.82) is 0 Å². The first kappa shape index (κ1) is 17.9. The first-order valence-corrected chi connectivity index (χ1v) is 8.30. The number of aromatic hydroxyl groups is 1. The Morgan fingerprint density at radius 2 is 1.88 bits per heavy atom. The Bertz CT molecular complexity index is 653. The van der Waals surface area contributed by atoms with Crippen LogP contribution in [0.1, 0.15) is 25.0 Å². The molecule has 2 rings (SSSR count). The molecule has 0 fully saturated rings. The van der Waals surface area contributed by atoms with Gasteiger partial charge < -0.3 is 15.2 Å². The van der Waals surface area contributed by atoms with Gasteiger partial charge in [0.25, 0.3) is 0 Å². The van der Waals surface area contributed by atoms with Crippen molar-refractivity contribution in [3.8, 4) is 11.5 Å². The second-order valence-corrected chi connectivity index (χ2v) is 6.27. The van der Waals surface area contributed by atoms with Crippen molar-refractivity contribution >= 4 is 5.91 Å². The van der Waals surface area contributed by atoms with Crippen LogP contribution in [0.3, 0.4) is 0 Å². The highest BCUT2D eigenvalue weighted by molar-refractivity contribution is 5.78. The highest BCUT2D eigenvalue weighted by atomic mass is 16.5. The van der Waals surface area contributed by atoms with Crippen LogP contribution < -0.4 is 10.1 Å². The summed E-state index contributed by atoms with van der Waals surface area (Å²) < 4.78 is 5.61. The van der Waals surface area contributed by atoms with E-state index in [0.717, 1.165) is 11.1 Å². The summed E-state index contributed by atoms with van der Waals surface area (Å²) in [5.41, 5.74) is 2.02. The van der Waals surface area contributed by atoms with E-state index in [-0.39, 0.29) is 11.7 Å². The summed E-state index contributed by atoms with van der Waals surface area (Å²) in [6, 6.07) is 15.0. The van der Waals surface area contributed by atoms with Crippen LogP contribution in [0.15, 0.2) is 48.5 Å². The standard InChI is InChI=1S/C20H25NO3/c1-15(2)14-24-19-12-17(8-9-18(19)22)10-11-21-20(23)13-16-6-4-3-5-7-16/h3-9,12,15,22H,10-11,13-14H2,1-2H3,(H,21,23). The van der Waals surface area contributed by atoms with E-state index in [1.165, 1.54) is 0 Å². The SMILES string of the molecule is CC(C)COc1cc(CCNC(=O)Cc2ccccc2)ccc1O. The number of amides is 1. The first-order chi connectivity index (χ1) is 11.5. The summed E-state index contributed by atoms with van der Waals surface area (Å²) in [7, 11) is 0. The third-order valence-corrected chi connectivity index (χ3v) is 3.54. The number of rotatable bonds is 8. The van der Waals surface area contributed by atoms with Crippen molar-refractivity contribution in [3.05, 3.63) is 59.7 Å². The van der Waals surface area contributed by atoms with Crippen LogP contribution in [0.2, 0.25) is 0 Å². The minimum absolute atomic E-state index is 0.0104. The maximum atomic E-state index is 11.9. The van der Waals surface area contributed by atoms with Crippen LogP contribution in [0.4, 0.5) is 0 Å². The van der Waals surface area contributed by atoms with E-state index in [0.29, 0.717) is 37.7 Å².